The van der Waals surface area contributed by atoms with Crippen molar-refractivity contribution in [2.45, 2.75) is 6.54 Å². The van der Waals surface area contributed by atoms with E-state index in [2.05, 4.69) is 15.0 Å². The van der Waals surface area contributed by atoms with E-state index in [9.17, 15) is 4.79 Å². The van der Waals surface area contributed by atoms with Crippen LogP contribution in [0.2, 0.25) is 0 Å². The summed E-state index contributed by atoms with van der Waals surface area (Å²) in [6.45, 7) is 0.604. The average Bonchev–Trinajstić information content (AvgIpc) is 2.89. The van der Waals surface area contributed by atoms with Gasteiger partial charge in [-0.2, -0.15) is 9.98 Å². The van der Waals surface area contributed by atoms with Crippen LogP contribution in [0.3, 0.4) is 0 Å². The van der Waals surface area contributed by atoms with Gasteiger partial charge >= 0.3 is 0 Å². The van der Waals surface area contributed by atoms with Crippen molar-refractivity contribution in [1.82, 2.24) is 4.90 Å². The number of amides is 1. The summed E-state index contributed by atoms with van der Waals surface area (Å²) in [7, 11) is 3.07. The lowest BCUT2D eigenvalue weighted by Crippen LogP contribution is -2.25. The van der Waals surface area contributed by atoms with E-state index < -0.39 is 5.91 Å². The molecule has 2 aromatic carbocycles. The minimum atomic E-state index is -0.418. The third kappa shape index (κ3) is 3.29. The molecule has 2 aromatic rings. The highest BCUT2D eigenvalue weighted by molar-refractivity contribution is 6.15. The monoisotopic (exact) mass is 374 g/mol. The van der Waals surface area contributed by atoms with Gasteiger partial charge in [0.15, 0.2) is 17.3 Å². The molecule has 0 saturated heterocycles. The van der Waals surface area contributed by atoms with E-state index in [1.54, 1.807) is 31.5 Å². The fourth-order valence-electron chi connectivity index (χ4n) is 3.04. The summed E-state index contributed by atoms with van der Waals surface area (Å²) in [6, 6.07) is 12.7. The molecule has 0 fully saturated rings. The molecule has 4 rings (SSSR count). The number of ether oxygens (including phenoxy) is 2. The van der Waals surface area contributed by atoms with E-state index in [0.717, 1.165) is 11.1 Å². The fourth-order valence-corrected chi connectivity index (χ4v) is 3.04. The number of rotatable bonds is 3. The lowest BCUT2D eigenvalue weighted by molar-refractivity contribution is 0.100. The Morgan fingerprint density at radius 3 is 2.75 bits per heavy atom. The topological polar surface area (TPSA) is 75.8 Å². The molecule has 0 saturated carbocycles. The number of benzene rings is 2. The van der Waals surface area contributed by atoms with Gasteiger partial charge in [0.2, 0.25) is 5.96 Å². The number of carbonyl (C=O) groups is 1. The van der Waals surface area contributed by atoms with Gasteiger partial charge in [-0.1, -0.05) is 24.3 Å². The highest BCUT2D eigenvalue weighted by Crippen LogP contribution is 2.28. The van der Waals surface area contributed by atoms with Crippen LogP contribution in [0.25, 0.3) is 0 Å². The Balaban J connectivity index is 1.78. The van der Waals surface area contributed by atoms with E-state index in [-0.39, 0.29) is 0 Å². The minimum Gasteiger partial charge on any atom is -0.493 e. The van der Waals surface area contributed by atoms with Crippen LogP contribution in [0.5, 0.6) is 11.5 Å². The number of hydrogen-bond donors (Lipinski definition) is 0. The number of methoxy groups -OCH3 is 2. The SMILES string of the molecule is COc1ccc(C(=O)N=C2N=C3N=CC=CN3Cc3ccccc32)cc1OC. The maximum absolute atomic E-state index is 12.8. The lowest BCUT2D eigenvalue weighted by Gasteiger charge is -2.19. The molecule has 0 aliphatic carbocycles. The molecule has 0 spiro atoms. The first-order valence-electron chi connectivity index (χ1n) is 8.69. The Bertz CT molecular complexity index is 1050. The van der Waals surface area contributed by atoms with Crippen LogP contribution in [0.4, 0.5) is 0 Å². The number of allylic oxidation sites excluding steroid dienone is 1. The van der Waals surface area contributed by atoms with Gasteiger partial charge in [0.05, 0.1) is 20.8 Å². The van der Waals surface area contributed by atoms with Crippen molar-refractivity contribution in [1.29, 1.82) is 0 Å². The second kappa shape index (κ2) is 7.48. The van der Waals surface area contributed by atoms with E-state index in [1.165, 1.54) is 7.11 Å². The van der Waals surface area contributed by atoms with Crippen molar-refractivity contribution in [3.63, 3.8) is 0 Å². The molecule has 1 amide bonds. The maximum Gasteiger partial charge on any atom is 0.279 e. The number of carbonyl (C=O) groups excluding carboxylic acids is 1. The summed E-state index contributed by atoms with van der Waals surface area (Å²) in [4.78, 5) is 27.9. The predicted molar refractivity (Wildman–Crippen MR) is 107 cm³/mol. The smallest absolute Gasteiger partial charge is 0.279 e. The normalized spacial score (nSPS) is 16.1. The van der Waals surface area contributed by atoms with Crippen LogP contribution in [-0.4, -0.2) is 43.0 Å². The molecule has 7 heteroatoms. The lowest BCUT2D eigenvalue weighted by atomic mass is 10.1. The molecular formula is C21H18N4O3. The zero-order valence-electron chi connectivity index (χ0n) is 15.5. The number of nitrogens with zero attached hydrogens (tertiary/aromatic N) is 4. The molecule has 0 bridgehead atoms. The first kappa shape index (κ1) is 17.7. The maximum atomic E-state index is 12.8. The number of hydrogen-bond acceptors (Lipinski definition) is 5. The van der Waals surface area contributed by atoms with Crippen molar-refractivity contribution in [2.75, 3.05) is 14.2 Å². The van der Waals surface area contributed by atoms with Gasteiger partial charge in [-0.15, -0.1) is 0 Å². The van der Waals surface area contributed by atoms with Crippen LogP contribution in [-0.2, 0) is 6.54 Å². The van der Waals surface area contributed by atoms with Crippen molar-refractivity contribution < 1.29 is 14.3 Å². The Morgan fingerprint density at radius 1 is 1.11 bits per heavy atom. The van der Waals surface area contributed by atoms with Crippen LogP contribution >= 0.6 is 0 Å². The molecule has 0 N–H and O–H groups in total. The zero-order chi connectivity index (χ0) is 19.5. The third-order valence-electron chi connectivity index (χ3n) is 4.44. The van der Waals surface area contributed by atoms with E-state index in [0.29, 0.717) is 35.4 Å². The van der Waals surface area contributed by atoms with Gasteiger partial charge in [-0.05, 0) is 29.8 Å². The summed E-state index contributed by atoms with van der Waals surface area (Å²) in [5.74, 6) is 1.43. The van der Waals surface area contributed by atoms with Crippen LogP contribution in [0.1, 0.15) is 21.5 Å². The van der Waals surface area contributed by atoms with Gasteiger partial charge in [0.25, 0.3) is 5.91 Å². The molecule has 0 atom stereocenters. The molecule has 0 aromatic heterocycles. The van der Waals surface area contributed by atoms with E-state index >= 15 is 0 Å². The Labute approximate surface area is 162 Å². The molecule has 0 unspecified atom stereocenters. The van der Waals surface area contributed by atoms with Gasteiger partial charge in [-0.3, -0.25) is 4.79 Å². The molecule has 2 heterocycles. The second-order valence-corrected chi connectivity index (χ2v) is 6.13. The second-order valence-electron chi connectivity index (χ2n) is 6.13. The van der Waals surface area contributed by atoms with Crippen molar-refractivity contribution >= 4 is 23.9 Å². The largest absolute Gasteiger partial charge is 0.493 e. The first-order valence-corrected chi connectivity index (χ1v) is 8.69. The first-order chi connectivity index (χ1) is 13.7. The molecule has 2 aliphatic rings. The van der Waals surface area contributed by atoms with Crippen molar-refractivity contribution in [3.05, 3.63) is 71.4 Å². The van der Waals surface area contributed by atoms with Crippen LogP contribution < -0.4 is 9.47 Å². The number of fused-ring (bicyclic) bond motifs is 2. The summed E-state index contributed by atoms with van der Waals surface area (Å²) >= 11 is 0. The number of amidine groups is 1. The summed E-state index contributed by atoms with van der Waals surface area (Å²) in [5.41, 5.74) is 2.21. The average molecular weight is 374 g/mol. The van der Waals surface area contributed by atoms with Crippen molar-refractivity contribution in [3.8, 4) is 11.5 Å². The third-order valence-corrected chi connectivity index (χ3v) is 4.44. The van der Waals surface area contributed by atoms with Crippen molar-refractivity contribution in [2.24, 2.45) is 15.0 Å². The van der Waals surface area contributed by atoms with E-state index in [1.807, 2.05) is 41.4 Å². The zero-order valence-corrected chi connectivity index (χ0v) is 15.5. The molecule has 7 nitrogen and oxygen atoms in total. The predicted octanol–water partition coefficient (Wildman–Crippen LogP) is 3.06. The standard InChI is InChI=1S/C21H18N4O3/c1-27-17-9-8-14(12-18(17)28-2)20(26)23-19-16-7-4-3-6-15(16)13-25-11-5-10-22-21(25)24-19/h3-12H,13H2,1-2H3. The highest BCUT2D eigenvalue weighted by Gasteiger charge is 2.22. The van der Waals surface area contributed by atoms with Crippen LogP contribution in [0, 0.1) is 0 Å². The molecule has 2 aliphatic heterocycles. The Kier molecular flexibility index (Phi) is 4.72. The Morgan fingerprint density at radius 2 is 1.93 bits per heavy atom. The molecule has 0 radical (unpaired) electrons. The minimum absolute atomic E-state index is 0.334. The van der Waals surface area contributed by atoms with Gasteiger partial charge < -0.3 is 14.4 Å². The quantitative estimate of drug-likeness (QED) is 0.827. The molecule has 28 heavy (non-hydrogen) atoms. The molecule has 140 valence electrons. The summed E-state index contributed by atoms with van der Waals surface area (Å²) in [5, 5.41) is 0. The van der Waals surface area contributed by atoms with E-state index in [4.69, 9.17) is 9.47 Å². The highest BCUT2D eigenvalue weighted by atomic mass is 16.5. The van der Waals surface area contributed by atoms with Crippen LogP contribution in [0.15, 0.2) is 69.7 Å². The van der Waals surface area contributed by atoms with Gasteiger partial charge in [0, 0.05) is 23.5 Å². The summed E-state index contributed by atoms with van der Waals surface area (Å²) in [6.07, 6.45) is 5.42. The molecular weight excluding hydrogens is 356 g/mol. The Hall–Kier alpha value is -3.74. The number of aliphatic imine (C=N–C) groups is 3. The fraction of sp³-hybridized carbons (Fsp3) is 0.143. The number of guanidine groups is 1. The van der Waals surface area contributed by atoms with Gasteiger partial charge in [-0.25, -0.2) is 4.99 Å². The van der Waals surface area contributed by atoms with Gasteiger partial charge in [0.1, 0.15) is 0 Å². The summed E-state index contributed by atoms with van der Waals surface area (Å²) < 4.78 is 10.5.